The van der Waals surface area contributed by atoms with Gasteiger partial charge in [-0.1, -0.05) is 0 Å². The standard InChI is InChI=1S/C13H14FN3O4/c1-17-5-4-10(11(17)18)16-13(21)15-9-3-2-7(12(19)20)6-8(9)14/h2-3,6,10H,4-5H2,1H3,(H,19,20)(H2,15,16,21). The van der Waals surface area contributed by atoms with E-state index in [1.165, 1.54) is 11.0 Å². The fourth-order valence-corrected chi connectivity index (χ4v) is 2.02. The molecule has 0 saturated carbocycles. The SMILES string of the molecule is CN1CCC(NC(=O)Nc2ccc(C(=O)O)cc2F)C1=O. The van der Waals surface area contributed by atoms with E-state index in [0.717, 1.165) is 12.1 Å². The molecule has 0 bridgehead atoms. The zero-order valence-electron chi connectivity index (χ0n) is 11.2. The number of amides is 3. The third-order valence-electron chi connectivity index (χ3n) is 3.20. The monoisotopic (exact) mass is 295 g/mol. The Labute approximate surface area is 119 Å². The minimum Gasteiger partial charge on any atom is -0.478 e. The normalized spacial score (nSPS) is 17.7. The first-order chi connectivity index (χ1) is 9.88. The van der Waals surface area contributed by atoms with Crippen molar-refractivity contribution < 1.29 is 23.9 Å². The summed E-state index contributed by atoms with van der Waals surface area (Å²) in [6.07, 6.45) is 0.489. The molecule has 1 aliphatic heterocycles. The Kier molecular flexibility index (Phi) is 4.06. The Balaban J connectivity index is 2.00. The van der Waals surface area contributed by atoms with E-state index in [2.05, 4.69) is 10.6 Å². The van der Waals surface area contributed by atoms with Crippen molar-refractivity contribution in [2.45, 2.75) is 12.5 Å². The van der Waals surface area contributed by atoms with Gasteiger partial charge < -0.3 is 20.6 Å². The summed E-state index contributed by atoms with van der Waals surface area (Å²) in [7, 11) is 1.63. The third kappa shape index (κ3) is 3.28. The fourth-order valence-electron chi connectivity index (χ4n) is 2.02. The number of halogens is 1. The Morgan fingerprint density at radius 1 is 1.43 bits per heavy atom. The van der Waals surface area contributed by atoms with Crippen molar-refractivity contribution in [1.82, 2.24) is 10.2 Å². The number of hydrogen-bond donors (Lipinski definition) is 3. The number of urea groups is 1. The number of carbonyl (C=O) groups excluding carboxylic acids is 2. The second-order valence-corrected chi connectivity index (χ2v) is 4.70. The van der Waals surface area contributed by atoms with Crippen LogP contribution in [0.4, 0.5) is 14.9 Å². The number of nitrogens with zero attached hydrogens (tertiary/aromatic N) is 1. The number of carboxylic acid groups (broad SMARTS) is 1. The van der Waals surface area contributed by atoms with Crippen LogP contribution in [-0.4, -0.2) is 47.5 Å². The number of hydrogen-bond acceptors (Lipinski definition) is 3. The van der Waals surface area contributed by atoms with E-state index in [0.29, 0.717) is 13.0 Å². The number of aromatic carboxylic acids is 1. The number of carboxylic acids is 1. The van der Waals surface area contributed by atoms with Gasteiger partial charge in [0, 0.05) is 13.6 Å². The zero-order chi connectivity index (χ0) is 15.6. The van der Waals surface area contributed by atoms with Crippen molar-refractivity contribution in [3.63, 3.8) is 0 Å². The number of anilines is 1. The molecule has 21 heavy (non-hydrogen) atoms. The topological polar surface area (TPSA) is 98.7 Å². The highest BCUT2D eigenvalue weighted by atomic mass is 19.1. The third-order valence-corrected chi connectivity index (χ3v) is 3.20. The van der Waals surface area contributed by atoms with Crippen LogP contribution in [0.3, 0.4) is 0 Å². The highest BCUT2D eigenvalue weighted by molar-refractivity contribution is 5.95. The number of nitrogens with one attached hydrogen (secondary N) is 2. The molecule has 1 atom stereocenters. The lowest BCUT2D eigenvalue weighted by Gasteiger charge is -2.13. The molecule has 8 heteroatoms. The Bertz CT molecular complexity index is 605. The minimum atomic E-state index is -1.26. The quantitative estimate of drug-likeness (QED) is 0.770. The van der Waals surface area contributed by atoms with Gasteiger partial charge in [-0.3, -0.25) is 4.79 Å². The summed E-state index contributed by atoms with van der Waals surface area (Å²) in [5, 5.41) is 13.4. The van der Waals surface area contributed by atoms with Gasteiger partial charge in [0.05, 0.1) is 11.3 Å². The van der Waals surface area contributed by atoms with Gasteiger partial charge in [0.15, 0.2) is 0 Å². The van der Waals surface area contributed by atoms with Crippen LogP contribution in [0, 0.1) is 5.82 Å². The molecule has 2 rings (SSSR count). The van der Waals surface area contributed by atoms with E-state index in [-0.39, 0.29) is 17.2 Å². The van der Waals surface area contributed by atoms with E-state index in [9.17, 15) is 18.8 Å². The molecule has 0 aromatic heterocycles. The maximum atomic E-state index is 13.6. The molecular weight excluding hydrogens is 281 g/mol. The van der Waals surface area contributed by atoms with Crippen molar-refractivity contribution in [3.8, 4) is 0 Å². The number of likely N-dealkylation sites (N-methyl/N-ethyl adjacent to an activating group) is 1. The van der Waals surface area contributed by atoms with Gasteiger partial charge in [-0.15, -0.1) is 0 Å². The van der Waals surface area contributed by atoms with Gasteiger partial charge in [-0.2, -0.15) is 0 Å². The summed E-state index contributed by atoms with van der Waals surface area (Å²) in [5.74, 6) is -2.32. The Morgan fingerprint density at radius 2 is 2.14 bits per heavy atom. The predicted molar refractivity (Wildman–Crippen MR) is 71.6 cm³/mol. The average molecular weight is 295 g/mol. The lowest BCUT2D eigenvalue weighted by Crippen LogP contribution is -2.42. The second kappa shape index (κ2) is 5.78. The first-order valence-corrected chi connectivity index (χ1v) is 6.24. The highest BCUT2D eigenvalue weighted by Gasteiger charge is 2.30. The maximum absolute atomic E-state index is 13.6. The minimum absolute atomic E-state index is 0.156. The van der Waals surface area contributed by atoms with E-state index in [1.54, 1.807) is 7.05 Å². The van der Waals surface area contributed by atoms with Crippen LogP contribution in [0.1, 0.15) is 16.8 Å². The summed E-state index contributed by atoms with van der Waals surface area (Å²) >= 11 is 0. The molecule has 1 aromatic rings. The molecule has 0 spiro atoms. The smallest absolute Gasteiger partial charge is 0.335 e. The van der Waals surface area contributed by atoms with Crippen LogP contribution >= 0.6 is 0 Å². The average Bonchev–Trinajstić information content (AvgIpc) is 2.73. The molecule has 0 radical (unpaired) electrons. The summed E-state index contributed by atoms with van der Waals surface area (Å²) in [5.41, 5.74) is -0.373. The molecule has 7 nitrogen and oxygen atoms in total. The lowest BCUT2D eigenvalue weighted by molar-refractivity contribution is -0.128. The van der Waals surface area contributed by atoms with Crippen LogP contribution in [0.25, 0.3) is 0 Å². The van der Waals surface area contributed by atoms with Gasteiger partial charge in [0.1, 0.15) is 11.9 Å². The maximum Gasteiger partial charge on any atom is 0.335 e. The fraction of sp³-hybridized carbons (Fsp3) is 0.308. The van der Waals surface area contributed by atoms with Crippen LogP contribution < -0.4 is 10.6 Å². The lowest BCUT2D eigenvalue weighted by atomic mass is 10.2. The molecule has 3 N–H and O–H groups in total. The second-order valence-electron chi connectivity index (χ2n) is 4.70. The molecule has 1 heterocycles. The first-order valence-electron chi connectivity index (χ1n) is 6.24. The van der Waals surface area contributed by atoms with E-state index in [1.807, 2.05) is 0 Å². The Morgan fingerprint density at radius 3 is 2.67 bits per heavy atom. The largest absolute Gasteiger partial charge is 0.478 e. The van der Waals surface area contributed by atoms with Crippen LogP contribution in [0.5, 0.6) is 0 Å². The molecule has 1 fully saturated rings. The van der Waals surface area contributed by atoms with E-state index in [4.69, 9.17) is 5.11 Å². The molecule has 1 saturated heterocycles. The van der Waals surface area contributed by atoms with Gasteiger partial charge in [-0.05, 0) is 24.6 Å². The Hall–Kier alpha value is -2.64. The molecule has 0 aliphatic carbocycles. The molecular formula is C13H14FN3O4. The van der Waals surface area contributed by atoms with Gasteiger partial charge in [0.2, 0.25) is 5.91 Å². The first kappa shape index (κ1) is 14.8. The summed E-state index contributed by atoms with van der Waals surface area (Å²) in [6.45, 7) is 0.547. The number of likely N-dealkylation sites (tertiary alicyclic amines) is 1. The zero-order valence-corrected chi connectivity index (χ0v) is 11.2. The molecule has 1 aromatic carbocycles. The van der Waals surface area contributed by atoms with Crippen molar-refractivity contribution >= 4 is 23.6 Å². The van der Waals surface area contributed by atoms with Crippen LogP contribution in [0.2, 0.25) is 0 Å². The summed E-state index contributed by atoms with van der Waals surface area (Å²) in [4.78, 5) is 35.5. The predicted octanol–water partition coefficient (Wildman–Crippen LogP) is 0.876. The van der Waals surface area contributed by atoms with Crippen molar-refractivity contribution in [2.75, 3.05) is 18.9 Å². The van der Waals surface area contributed by atoms with Crippen molar-refractivity contribution in [2.24, 2.45) is 0 Å². The molecule has 1 aliphatic rings. The molecule has 3 amide bonds. The van der Waals surface area contributed by atoms with Gasteiger partial charge in [-0.25, -0.2) is 14.0 Å². The van der Waals surface area contributed by atoms with Gasteiger partial charge >= 0.3 is 12.0 Å². The van der Waals surface area contributed by atoms with Crippen LogP contribution in [-0.2, 0) is 4.79 Å². The molecule has 112 valence electrons. The van der Waals surface area contributed by atoms with Crippen molar-refractivity contribution in [3.05, 3.63) is 29.6 Å². The highest BCUT2D eigenvalue weighted by Crippen LogP contribution is 2.16. The van der Waals surface area contributed by atoms with E-state index >= 15 is 0 Å². The molecule has 1 unspecified atom stereocenters. The number of benzene rings is 1. The number of carbonyl (C=O) groups is 3. The summed E-state index contributed by atoms with van der Waals surface area (Å²) < 4.78 is 13.6. The van der Waals surface area contributed by atoms with E-state index < -0.39 is 23.9 Å². The van der Waals surface area contributed by atoms with Crippen LogP contribution in [0.15, 0.2) is 18.2 Å². The number of rotatable bonds is 3. The van der Waals surface area contributed by atoms with Crippen molar-refractivity contribution in [1.29, 1.82) is 0 Å². The summed E-state index contributed by atoms with van der Waals surface area (Å²) in [6, 6.07) is 1.80. The van der Waals surface area contributed by atoms with Gasteiger partial charge in [0.25, 0.3) is 0 Å².